The molecule has 76 valence electrons. The third-order valence-electron chi connectivity index (χ3n) is 2.30. The third kappa shape index (κ3) is 2.65. The molecule has 3 N–H and O–H groups in total. The molecule has 1 saturated heterocycles. The summed E-state index contributed by atoms with van der Waals surface area (Å²) in [6.07, 6.45) is 0.641. The Labute approximate surface area is 76.6 Å². The van der Waals surface area contributed by atoms with Crippen molar-refractivity contribution in [2.24, 2.45) is 0 Å². The molecule has 2 atom stereocenters. The molecule has 0 aromatic rings. The van der Waals surface area contributed by atoms with E-state index in [2.05, 4.69) is 0 Å². The maximum absolute atomic E-state index is 10.7. The minimum absolute atomic E-state index is 0.244. The van der Waals surface area contributed by atoms with Crippen LogP contribution in [0.3, 0.4) is 0 Å². The van der Waals surface area contributed by atoms with Gasteiger partial charge in [0.15, 0.2) is 0 Å². The van der Waals surface area contributed by atoms with E-state index in [1.54, 1.807) is 4.90 Å². The minimum Gasteiger partial charge on any atom is -0.480 e. The van der Waals surface area contributed by atoms with Gasteiger partial charge in [0.25, 0.3) is 0 Å². The summed E-state index contributed by atoms with van der Waals surface area (Å²) in [7, 11) is 0. The average Bonchev–Trinajstić information content (AvgIpc) is 2.52. The number of aliphatic carboxylic acids is 1. The molecule has 0 aromatic heterocycles. The first-order chi connectivity index (χ1) is 6.15. The van der Waals surface area contributed by atoms with Gasteiger partial charge >= 0.3 is 5.97 Å². The van der Waals surface area contributed by atoms with Crippen LogP contribution in [0.15, 0.2) is 0 Å². The fourth-order valence-corrected chi connectivity index (χ4v) is 1.65. The molecule has 0 aliphatic carbocycles. The Hall–Kier alpha value is -0.650. The van der Waals surface area contributed by atoms with Gasteiger partial charge in [-0.2, -0.15) is 0 Å². The number of carboxylic acid groups (broad SMARTS) is 1. The highest BCUT2D eigenvalue weighted by atomic mass is 16.4. The van der Waals surface area contributed by atoms with Gasteiger partial charge in [-0.3, -0.25) is 9.69 Å². The van der Waals surface area contributed by atoms with Crippen LogP contribution in [0.1, 0.15) is 12.8 Å². The molecule has 1 heterocycles. The van der Waals surface area contributed by atoms with Crippen molar-refractivity contribution in [3.05, 3.63) is 0 Å². The highest BCUT2D eigenvalue weighted by Gasteiger charge is 2.31. The topological polar surface area (TPSA) is 81.0 Å². The molecule has 5 nitrogen and oxygen atoms in total. The first kappa shape index (κ1) is 10.4. The Morgan fingerprint density at radius 2 is 2.31 bits per heavy atom. The molecule has 1 rings (SSSR count). The third-order valence-corrected chi connectivity index (χ3v) is 2.30. The maximum Gasteiger partial charge on any atom is 0.320 e. The summed E-state index contributed by atoms with van der Waals surface area (Å²) >= 11 is 0. The van der Waals surface area contributed by atoms with E-state index in [1.807, 2.05) is 0 Å². The molecule has 1 fully saturated rings. The van der Waals surface area contributed by atoms with Gasteiger partial charge in [-0.05, 0) is 19.4 Å². The second-order valence-corrected chi connectivity index (χ2v) is 3.33. The van der Waals surface area contributed by atoms with Crippen LogP contribution in [0.2, 0.25) is 0 Å². The van der Waals surface area contributed by atoms with Crippen molar-refractivity contribution in [2.75, 3.05) is 19.7 Å². The van der Waals surface area contributed by atoms with Crippen LogP contribution in [0.25, 0.3) is 0 Å². The van der Waals surface area contributed by atoms with Crippen LogP contribution in [0, 0.1) is 0 Å². The number of carboxylic acids is 1. The number of likely N-dealkylation sites (tertiary alicyclic amines) is 1. The van der Waals surface area contributed by atoms with Gasteiger partial charge in [0.05, 0.1) is 12.7 Å². The summed E-state index contributed by atoms with van der Waals surface area (Å²) in [6.45, 7) is 0.615. The van der Waals surface area contributed by atoms with E-state index < -0.39 is 18.1 Å². The quantitative estimate of drug-likeness (QED) is 0.522. The van der Waals surface area contributed by atoms with E-state index in [4.69, 9.17) is 15.3 Å². The van der Waals surface area contributed by atoms with Crippen molar-refractivity contribution >= 4 is 5.97 Å². The minimum atomic E-state index is -0.845. The van der Waals surface area contributed by atoms with E-state index in [9.17, 15) is 4.79 Å². The van der Waals surface area contributed by atoms with Crippen LogP contribution in [-0.4, -0.2) is 58.0 Å². The fourth-order valence-electron chi connectivity index (χ4n) is 1.65. The summed E-state index contributed by atoms with van der Waals surface area (Å²) in [5.41, 5.74) is 0. The molecule has 5 heteroatoms. The molecule has 0 aromatic carbocycles. The molecule has 13 heavy (non-hydrogen) atoms. The second-order valence-electron chi connectivity index (χ2n) is 3.33. The van der Waals surface area contributed by atoms with Crippen molar-refractivity contribution in [3.8, 4) is 0 Å². The maximum atomic E-state index is 10.7. The predicted octanol–water partition coefficient (Wildman–Crippen LogP) is -1.11. The number of aliphatic hydroxyl groups excluding tert-OH is 2. The van der Waals surface area contributed by atoms with Gasteiger partial charge in [-0.25, -0.2) is 0 Å². The highest BCUT2D eigenvalue weighted by Crippen LogP contribution is 2.17. The van der Waals surface area contributed by atoms with Crippen molar-refractivity contribution in [1.82, 2.24) is 4.90 Å². The van der Waals surface area contributed by atoms with Crippen LogP contribution in [0.5, 0.6) is 0 Å². The van der Waals surface area contributed by atoms with E-state index in [0.29, 0.717) is 13.0 Å². The average molecular weight is 189 g/mol. The van der Waals surface area contributed by atoms with Gasteiger partial charge in [0.2, 0.25) is 0 Å². The smallest absolute Gasteiger partial charge is 0.320 e. The van der Waals surface area contributed by atoms with Gasteiger partial charge in [-0.1, -0.05) is 0 Å². The number of β-amino-alcohol motifs (C(OH)–C–C–N with tert-alkyl or cyclic N) is 1. The fraction of sp³-hybridized carbons (Fsp3) is 0.875. The normalized spacial score (nSPS) is 26.2. The molecule has 0 saturated carbocycles. The summed E-state index contributed by atoms with van der Waals surface area (Å²) in [4.78, 5) is 12.4. The summed E-state index contributed by atoms with van der Waals surface area (Å²) < 4.78 is 0. The van der Waals surface area contributed by atoms with Crippen molar-refractivity contribution in [1.29, 1.82) is 0 Å². The lowest BCUT2D eigenvalue weighted by molar-refractivity contribution is -0.142. The van der Waals surface area contributed by atoms with Gasteiger partial charge < -0.3 is 15.3 Å². The molecule has 1 aliphatic rings. The number of rotatable bonds is 4. The van der Waals surface area contributed by atoms with E-state index in [1.165, 1.54) is 0 Å². The standard InChI is InChI=1S/C8H15NO4/c10-5-6(11)4-9-3-1-2-7(9)8(12)13/h6-7,10-11H,1-5H2,(H,12,13). The number of hydrogen-bond donors (Lipinski definition) is 3. The monoisotopic (exact) mass is 189 g/mol. The zero-order valence-electron chi connectivity index (χ0n) is 7.39. The van der Waals surface area contributed by atoms with Crippen LogP contribution < -0.4 is 0 Å². The molecule has 0 radical (unpaired) electrons. The molecule has 2 unspecified atom stereocenters. The summed E-state index contributed by atoms with van der Waals surface area (Å²) in [5, 5.41) is 26.5. The second kappa shape index (κ2) is 4.55. The lowest BCUT2D eigenvalue weighted by atomic mass is 10.2. The number of hydrogen-bond acceptors (Lipinski definition) is 4. The van der Waals surface area contributed by atoms with Crippen LogP contribution in [0.4, 0.5) is 0 Å². The molecular formula is C8H15NO4. The van der Waals surface area contributed by atoms with Crippen molar-refractivity contribution < 1.29 is 20.1 Å². The van der Waals surface area contributed by atoms with Crippen molar-refractivity contribution in [3.63, 3.8) is 0 Å². The molecular weight excluding hydrogens is 174 g/mol. The van der Waals surface area contributed by atoms with Crippen LogP contribution in [-0.2, 0) is 4.79 Å². The Kier molecular flexibility index (Phi) is 3.65. The van der Waals surface area contributed by atoms with Crippen molar-refractivity contribution in [2.45, 2.75) is 25.0 Å². The molecule has 0 spiro atoms. The van der Waals surface area contributed by atoms with E-state index in [-0.39, 0.29) is 13.2 Å². The zero-order chi connectivity index (χ0) is 9.84. The Morgan fingerprint density at radius 3 is 2.85 bits per heavy atom. The Balaban J connectivity index is 2.44. The lowest BCUT2D eigenvalue weighted by Crippen LogP contribution is -2.41. The predicted molar refractivity (Wildman–Crippen MR) is 45.3 cm³/mol. The summed E-state index contributed by atoms with van der Waals surface area (Å²) in [5.74, 6) is -0.845. The molecule has 0 amide bonds. The molecule has 1 aliphatic heterocycles. The SMILES string of the molecule is O=C(O)C1CCCN1CC(O)CO. The zero-order valence-corrected chi connectivity index (χ0v) is 7.39. The largest absolute Gasteiger partial charge is 0.480 e. The number of carbonyl (C=O) groups is 1. The highest BCUT2D eigenvalue weighted by molar-refractivity contribution is 5.73. The molecule has 0 bridgehead atoms. The first-order valence-electron chi connectivity index (χ1n) is 4.41. The van der Waals surface area contributed by atoms with Gasteiger partial charge in [0.1, 0.15) is 6.04 Å². The van der Waals surface area contributed by atoms with Crippen LogP contribution >= 0.6 is 0 Å². The lowest BCUT2D eigenvalue weighted by Gasteiger charge is -2.22. The van der Waals surface area contributed by atoms with Gasteiger partial charge in [-0.15, -0.1) is 0 Å². The van der Waals surface area contributed by atoms with E-state index >= 15 is 0 Å². The number of aliphatic hydroxyl groups is 2. The summed E-state index contributed by atoms with van der Waals surface area (Å²) in [6, 6.07) is -0.485. The Morgan fingerprint density at radius 1 is 1.62 bits per heavy atom. The van der Waals surface area contributed by atoms with E-state index in [0.717, 1.165) is 6.42 Å². The van der Waals surface area contributed by atoms with Gasteiger partial charge in [0, 0.05) is 6.54 Å². The number of nitrogens with zero attached hydrogens (tertiary/aromatic N) is 1. The Bertz CT molecular complexity index is 185. The first-order valence-corrected chi connectivity index (χ1v) is 4.41.